The summed E-state index contributed by atoms with van der Waals surface area (Å²) in [4.78, 5) is 11.5. The molecule has 0 aliphatic carbocycles. The quantitative estimate of drug-likeness (QED) is 0.909. The first kappa shape index (κ1) is 14.0. The Morgan fingerprint density at radius 1 is 1.38 bits per heavy atom. The van der Waals surface area contributed by atoms with Crippen molar-refractivity contribution >= 4 is 23.2 Å². The Labute approximate surface area is 121 Å². The van der Waals surface area contributed by atoms with E-state index in [9.17, 15) is 18.0 Å². The van der Waals surface area contributed by atoms with Crippen LogP contribution in [0.2, 0.25) is 5.02 Å². The minimum atomic E-state index is -4.66. The molecule has 0 radical (unpaired) electrons. The molecule has 9 heteroatoms. The second kappa shape index (κ2) is 4.80. The van der Waals surface area contributed by atoms with Crippen molar-refractivity contribution in [1.29, 1.82) is 0 Å². The number of carbonyl (C=O) groups excluding carboxylic acids is 1. The summed E-state index contributed by atoms with van der Waals surface area (Å²) in [5.74, 6) is -1.50. The molecule has 3 rings (SSSR count). The average molecular weight is 321 g/mol. The van der Waals surface area contributed by atoms with Crippen LogP contribution in [0.1, 0.15) is 5.56 Å². The number of nitrogens with zero attached hydrogens (tertiary/aromatic N) is 1. The molecule has 0 spiro atoms. The fraction of sp³-hybridized carbons (Fsp3) is 0.333. The van der Waals surface area contributed by atoms with Gasteiger partial charge >= 0.3 is 6.18 Å². The molecule has 0 aromatic heterocycles. The van der Waals surface area contributed by atoms with Gasteiger partial charge in [0.25, 0.3) is 0 Å². The highest BCUT2D eigenvalue weighted by atomic mass is 35.5. The monoisotopic (exact) mass is 320 g/mol. The van der Waals surface area contributed by atoms with Gasteiger partial charge in [-0.05, 0) is 24.1 Å². The predicted molar refractivity (Wildman–Crippen MR) is 66.4 cm³/mol. The second-order valence-electron chi connectivity index (χ2n) is 4.54. The topological polar surface area (TPSA) is 59.9 Å². The lowest BCUT2D eigenvalue weighted by atomic mass is 9.94. The lowest BCUT2D eigenvalue weighted by molar-refractivity contribution is -0.122. The van der Waals surface area contributed by atoms with Gasteiger partial charge in [-0.25, -0.2) is 5.43 Å². The van der Waals surface area contributed by atoms with Gasteiger partial charge in [0.05, 0.1) is 10.9 Å². The van der Waals surface area contributed by atoms with Gasteiger partial charge in [0.2, 0.25) is 12.7 Å². The molecule has 1 amide bonds. The fourth-order valence-corrected chi connectivity index (χ4v) is 2.51. The molecule has 1 aromatic carbocycles. The molecule has 1 aromatic rings. The summed E-state index contributed by atoms with van der Waals surface area (Å²) < 4.78 is 48.6. The molecule has 2 heterocycles. The summed E-state index contributed by atoms with van der Waals surface area (Å²) >= 11 is 5.96. The Balaban J connectivity index is 1.88. The van der Waals surface area contributed by atoms with E-state index >= 15 is 0 Å². The maximum atomic E-state index is 12.8. The van der Waals surface area contributed by atoms with Crippen molar-refractivity contribution < 1.29 is 27.4 Å². The summed E-state index contributed by atoms with van der Waals surface area (Å²) in [7, 11) is 0. The van der Waals surface area contributed by atoms with E-state index in [1.54, 1.807) is 0 Å². The van der Waals surface area contributed by atoms with Crippen LogP contribution in [0.3, 0.4) is 0 Å². The van der Waals surface area contributed by atoms with Crippen molar-refractivity contribution in [2.45, 2.75) is 12.6 Å². The van der Waals surface area contributed by atoms with Gasteiger partial charge in [-0.1, -0.05) is 11.6 Å². The lowest BCUT2D eigenvalue weighted by Gasteiger charge is -2.13. The fourth-order valence-electron chi connectivity index (χ4n) is 2.22. The maximum Gasteiger partial charge on any atom is 0.432 e. The number of carbonyl (C=O) groups is 1. The standard InChI is InChI=1S/C12H8ClF3N2O3/c13-7-2-5(3-8-9(7)21-4-20-8)1-6-10(12(14,15)16)17-18-11(6)19/h2-3,6H,1,4H2,(H,18,19). The van der Waals surface area contributed by atoms with Crippen molar-refractivity contribution in [3.8, 4) is 11.5 Å². The second-order valence-corrected chi connectivity index (χ2v) is 4.95. The van der Waals surface area contributed by atoms with Crippen molar-refractivity contribution in [2.24, 2.45) is 11.0 Å². The molecule has 0 bridgehead atoms. The van der Waals surface area contributed by atoms with Crippen LogP contribution in [0.4, 0.5) is 13.2 Å². The highest BCUT2D eigenvalue weighted by Crippen LogP contribution is 2.40. The molecule has 2 aliphatic heterocycles. The zero-order valence-corrected chi connectivity index (χ0v) is 11.1. The SMILES string of the molecule is O=C1NN=C(C(F)(F)F)C1Cc1cc(Cl)c2c(c1)OCO2. The third-order valence-corrected chi connectivity index (χ3v) is 3.43. The molecular formula is C12H8ClF3N2O3. The van der Waals surface area contributed by atoms with Crippen LogP contribution in [0.15, 0.2) is 17.2 Å². The van der Waals surface area contributed by atoms with Crippen molar-refractivity contribution in [2.75, 3.05) is 6.79 Å². The zero-order chi connectivity index (χ0) is 15.2. The molecule has 0 saturated carbocycles. The summed E-state index contributed by atoms with van der Waals surface area (Å²) in [6.07, 6.45) is -4.84. The summed E-state index contributed by atoms with van der Waals surface area (Å²) in [6.45, 7) is -0.00230. The van der Waals surface area contributed by atoms with Crippen molar-refractivity contribution in [3.05, 3.63) is 22.7 Å². The van der Waals surface area contributed by atoms with Gasteiger partial charge in [-0.2, -0.15) is 18.3 Å². The summed E-state index contributed by atoms with van der Waals surface area (Å²) in [5.41, 5.74) is 1.15. The number of hydrogen-bond acceptors (Lipinski definition) is 4. The largest absolute Gasteiger partial charge is 0.454 e. The van der Waals surface area contributed by atoms with E-state index in [1.807, 2.05) is 5.43 Å². The average Bonchev–Trinajstić information content (AvgIpc) is 2.97. The van der Waals surface area contributed by atoms with E-state index in [-0.39, 0.29) is 18.2 Å². The number of alkyl halides is 3. The van der Waals surface area contributed by atoms with E-state index in [1.165, 1.54) is 12.1 Å². The van der Waals surface area contributed by atoms with Gasteiger partial charge in [0.1, 0.15) is 0 Å². The molecule has 0 saturated heterocycles. The van der Waals surface area contributed by atoms with Gasteiger partial charge in [0, 0.05) is 0 Å². The zero-order valence-electron chi connectivity index (χ0n) is 10.3. The summed E-state index contributed by atoms with van der Waals surface area (Å²) in [6, 6.07) is 2.96. The first-order chi connectivity index (χ1) is 9.86. The third kappa shape index (κ3) is 2.51. The van der Waals surface area contributed by atoms with Crippen LogP contribution in [0.5, 0.6) is 11.5 Å². The Morgan fingerprint density at radius 3 is 2.86 bits per heavy atom. The lowest BCUT2D eigenvalue weighted by Crippen LogP contribution is -2.33. The van der Waals surface area contributed by atoms with Crippen molar-refractivity contribution in [3.63, 3.8) is 0 Å². The van der Waals surface area contributed by atoms with Crippen molar-refractivity contribution in [1.82, 2.24) is 5.43 Å². The van der Waals surface area contributed by atoms with Crippen LogP contribution in [-0.2, 0) is 11.2 Å². The Kier molecular flexibility index (Phi) is 3.20. The minimum Gasteiger partial charge on any atom is -0.454 e. The molecule has 1 N–H and O–H groups in total. The predicted octanol–water partition coefficient (Wildman–Crippen LogP) is 2.28. The summed E-state index contributed by atoms with van der Waals surface area (Å²) in [5, 5.41) is 3.29. The normalized spacial score (nSPS) is 20.5. The van der Waals surface area contributed by atoms with Crippen LogP contribution in [0.25, 0.3) is 0 Å². The molecule has 1 atom stereocenters. The number of hydrogen-bond donors (Lipinski definition) is 1. The van der Waals surface area contributed by atoms with E-state index < -0.39 is 23.7 Å². The Bertz CT molecular complexity index is 645. The Morgan fingerprint density at radius 2 is 2.14 bits per heavy atom. The minimum absolute atomic E-state index is 0.00230. The first-order valence-corrected chi connectivity index (χ1v) is 6.26. The molecular weight excluding hydrogens is 313 g/mol. The molecule has 5 nitrogen and oxygen atoms in total. The van der Waals surface area contributed by atoms with Crippen LogP contribution >= 0.6 is 11.6 Å². The molecule has 0 fully saturated rings. The number of rotatable bonds is 2. The Hall–Kier alpha value is -1.96. The third-order valence-electron chi connectivity index (χ3n) is 3.15. The van der Waals surface area contributed by atoms with Gasteiger partial charge in [-0.3, -0.25) is 4.79 Å². The number of benzene rings is 1. The number of fused-ring (bicyclic) bond motifs is 1. The van der Waals surface area contributed by atoms with E-state index in [2.05, 4.69) is 5.10 Å². The maximum absolute atomic E-state index is 12.8. The van der Waals surface area contributed by atoms with Gasteiger partial charge in [0.15, 0.2) is 17.2 Å². The number of halogens is 4. The highest BCUT2D eigenvalue weighted by molar-refractivity contribution is 6.32. The number of amides is 1. The van der Waals surface area contributed by atoms with E-state index in [0.29, 0.717) is 17.1 Å². The molecule has 1 unspecified atom stereocenters. The number of ether oxygens (including phenoxy) is 2. The molecule has 2 aliphatic rings. The smallest absolute Gasteiger partial charge is 0.432 e. The molecule has 21 heavy (non-hydrogen) atoms. The van der Waals surface area contributed by atoms with Crippen LogP contribution in [0, 0.1) is 5.92 Å². The number of nitrogens with one attached hydrogen (secondary N) is 1. The molecule has 112 valence electrons. The number of hydrazone groups is 1. The van der Waals surface area contributed by atoms with Crippen LogP contribution in [-0.4, -0.2) is 24.6 Å². The first-order valence-electron chi connectivity index (χ1n) is 5.89. The van der Waals surface area contributed by atoms with Gasteiger partial charge < -0.3 is 9.47 Å². The van der Waals surface area contributed by atoms with Gasteiger partial charge in [-0.15, -0.1) is 0 Å². The van der Waals surface area contributed by atoms with E-state index in [0.717, 1.165) is 0 Å². The van der Waals surface area contributed by atoms with Crippen LogP contribution < -0.4 is 14.9 Å². The highest BCUT2D eigenvalue weighted by Gasteiger charge is 2.47. The van der Waals surface area contributed by atoms with E-state index in [4.69, 9.17) is 21.1 Å².